The fraction of sp³-hybridized carbons (Fsp3) is 0.273. The van der Waals surface area contributed by atoms with Gasteiger partial charge in [-0.3, -0.25) is 4.90 Å². The van der Waals surface area contributed by atoms with Crippen molar-refractivity contribution in [1.82, 2.24) is 14.9 Å². The summed E-state index contributed by atoms with van der Waals surface area (Å²) in [4.78, 5) is 11.8. The Bertz CT molecular complexity index is 942. The summed E-state index contributed by atoms with van der Waals surface area (Å²) in [6.07, 6.45) is 3.03. The van der Waals surface area contributed by atoms with E-state index in [9.17, 15) is 4.39 Å². The Kier molecular flexibility index (Phi) is 4.09. The molecule has 2 aliphatic rings. The van der Waals surface area contributed by atoms with E-state index in [2.05, 4.69) is 15.2 Å². The minimum atomic E-state index is -0.180. The van der Waals surface area contributed by atoms with Crippen LogP contribution in [0.3, 0.4) is 0 Å². The van der Waals surface area contributed by atoms with Gasteiger partial charge in [0.2, 0.25) is 5.95 Å². The third kappa shape index (κ3) is 3.30. The molecule has 2 heterocycles. The molecule has 0 unspecified atom stereocenters. The molecular formula is C22H21FN4. The van der Waals surface area contributed by atoms with Crippen LogP contribution in [0.15, 0.2) is 60.8 Å². The lowest BCUT2D eigenvalue weighted by atomic mass is 9.99. The van der Waals surface area contributed by atoms with Crippen molar-refractivity contribution in [2.75, 3.05) is 18.4 Å². The maximum atomic E-state index is 13.1. The first-order valence-corrected chi connectivity index (χ1v) is 9.39. The number of nitrogens with zero attached hydrogens (tertiary/aromatic N) is 3. The predicted octanol–water partition coefficient (Wildman–Crippen LogP) is 4.13. The highest BCUT2D eigenvalue weighted by atomic mass is 19.1. The topological polar surface area (TPSA) is 41.1 Å². The van der Waals surface area contributed by atoms with Crippen LogP contribution in [0.5, 0.6) is 0 Å². The summed E-state index contributed by atoms with van der Waals surface area (Å²) in [5.74, 6) is 1.54. The Morgan fingerprint density at radius 2 is 1.85 bits per heavy atom. The number of benzene rings is 2. The smallest absolute Gasteiger partial charge is 0.227 e. The van der Waals surface area contributed by atoms with Crippen molar-refractivity contribution >= 4 is 11.6 Å². The summed E-state index contributed by atoms with van der Waals surface area (Å²) in [5.41, 5.74) is 4.63. The molecule has 136 valence electrons. The van der Waals surface area contributed by atoms with Crippen molar-refractivity contribution in [2.45, 2.75) is 18.9 Å². The minimum absolute atomic E-state index is 0.180. The summed E-state index contributed by atoms with van der Waals surface area (Å²) in [5, 5.41) is 3.30. The van der Waals surface area contributed by atoms with E-state index < -0.39 is 0 Å². The Morgan fingerprint density at radius 3 is 2.67 bits per heavy atom. The third-order valence-electron chi connectivity index (χ3n) is 5.60. The van der Waals surface area contributed by atoms with Crippen molar-refractivity contribution in [2.24, 2.45) is 5.92 Å². The Morgan fingerprint density at radius 1 is 1.04 bits per heavy atom. The highest BCUT2D eigenvalue weighted by molar-refractivity contribution is 5.53. The molecule has 0 radical (unpaired) electrons. The van der Waals surface area contributed by atoms with Gasteiger partial charge in [-0.2, -0.15) is 0 Å². The van der Waals surface area contributed by atoms with Gasteiger partial charge in [0.1, 0.15) is 5.82 Å². The van der Waals surface area contributed by atoms with Crippen LogP contribution >= 0.6 is 0 Å². The number of anilines is 2. The second-order valence-corrected chi connectivity index (χ2v) is 7.49. The minimum Gasteiger partial charge on any atom is -0.324 e. The van der Waals surface area contributed by atoms with E-state index in [-0.39, 0.29) is 5.82 Å². The largest absolute Gasteiger partial charge is 0.324 e. The van der Waals surface area contributed by atoms with E-state index in [1.165, 1.54) is 23.4 Å². The van der Waals surface area contributed by atoms with E-state index in [0.717, 1.165) is 37.3 Å². The number of nitrogens with one attached hydrogen (secondary N) is 1. The van der Waals surface area contributed by atoms with Crippen LogP contribution in [0.1, 0.15) is 22.7 Å². The molecule has 0 bridgehead atoms. The molecule has 0 amide bonds. The summed E-state index contributed by atoms with van der Waals surface area (Å²) >= 11 is 0. The monoisotopic (exact) mass is 360 g/mol. The average molecular weight is 360 g/mol. The first-order chi connectivity index (χ1) is 13.2. The number of hydrogen-bond acceptors (Lipinski definition) is 4. The summed E-state index contributed by atoms with van der Waals surface area (Å²) < 4.78 is 13.1. The fourth-order valence-corrected chi connectivity index (χ4v) is 4.35. The fourth-order valence-electron chi connectivity index (χ4n) is 4.35. The Balaban J connectivity index is 1.31. The highest BCUT2D eigenvalue weighted by Crippen LogP contribution is 2.42. The summed E-state index contributed by atoms with van der Waals surface area (Å²) in [7, 11) is 0. The number of likely N-dealkylation sites (tertiary alicyclic amines) is 1. The van der Waals surface area contributed by atoms with E-state index in [4.69, 9.17) is 4.98 Å². The highest BCUT2D eigenvalue weighted by Gasteiger charge is 2.41. The van der Waals surface area contributed by atoms with Gasteiger partial charge in [0.15, 0.2) is 0 Å². The van der Waals surface area contributed by atoms with Crippen LogP contribution in [0.2, 0.25) is 0 Å². The van der Waals surface area contributed by atoms with Crippen LogP contribution in [0, 0.1) is 11.7 Å². The lowest BCUT2D eigenvalue weighted by molar-refractivity contribution is 0.313. The lowest BCUT2D eigenvalue weighted by Crippen LogP contribution is -2.21. The number of fused-ring (bicyclic) bond motifs is 3. The average Bonchev–Trinajstić information content (AvgIpc) is 3.22. The molecule has 1 N–H and O–H groups in total. The van der Waals surface area contributed by atoms with E-state index in [0.29, 0.717) is 17.8 Å². The molecule has 0 saturated carbocycles. The van der Waals surface area contributed by atoms with Crippen molar-refractivity contribution in [3.8, 4) is 0 Å². The number of aromatic nitrogens is 2. The molecule has 2 atom stereocenters. The normalized spacial score (nSPS) is 21.1. The molecule has 4 nitrogen and oxygen atoms in total. The van der Waals surface area contributed by atoms with Crippen LogP contribution in [0.4, 0.5) is 16.0 Å². The SMILES string of the molecule is Fc1ccc(CN2C[C@H]3Cc4cnc(Nc5ccccc5)nc4[C@@H]3C2)cc1. The molecule has 27 heavy (non-hydrogen) atoms. The standard InChI is InChI=1S/C22H21FN4/c23-18-8-6-15(7-9-18)12-27-13-17-10-16-11-24-22(26-21(16)20(17)14-27)25-19-4-2-1-3-5-19/h1-9,11,17,20H,10,12-14H2,(H,24,25,26)/t17-,20-/m1/s1. The summed E-state index contributed by atoms with van der Waals surface area (Å²) in [6.45, 7) is 2.92. The molecule has 1 aromatic heterocycles. The van der Waals surface area contributed by atoms with Gasteiger partial charge < -0.3 is 5.32 Å². The molecule has 3 aromatic rings. The molecule has 1 aliphatic heterocycles. The molecule has 2 aromatic carbocycles. The first-order valence-electron chi connectivity index (χ1n) is 9.39. The van der Waals surface area contributed by atoms with Gasteiger partial charge in [0.25, 0.3) is 0 Å². The second-order valence-electron chi connectivity index (χ2n) is 7.49. The zero-order valence-corrected chi connectivity index (χ0v) is 15.0. The maximum absolute atomic E-state index is 13.1. The second kappa shape index (κ2) is 6.74. The van der Waals surface area contributed by atoms with Crippen LogP contribution in [-0.4, -0.2) is 28.0 Å². The number of rotatable bonds is 4. The molecule has 1 aliphatic carbocycles. The quantitative estimate of drug-likeness (QED) is 0.759. The van der Waals surface area contributed by atoms with Gasteiger partial charge in [-0.1, -0.05) is 30.3 Å². The number of halogens is 1. The van der Waals surface area contributed by atoms with Gasteiger partial charge in [-0.15, -0.1) is 0 Å². The van der Waals surface area contributed by atoms with Gasteiger partial charge >= 0.3 is 0 Å². The van der Waals surface area contributed by atoms with Crippen molar-refractivity contribution in [3.05, 3.63) is 83.4 Å². The molecule has 0 spiro atoms. The van der Waals surface area contributed by atoms with Gasteiger partial charge in [0, 0.05) is 37.4 Å². The van der Waals surface area contributed by atoms with Crippen LogP contribution in [0.25, 0.3) is 0 Å². The van der Waals surface area contributed by atoms with Crippen molar-refractivity contribution in [1.29, 1.82) is 0 Å². The van der Waals surface area contributed by atoms with Crippen molar-refractivity contribution in [3.63, 3.8) is 0 Å². The molecule has 1 fully saturated rings. The van der Waals surface area contributed by atoms with Gasteiger partial charge in [-0.05, 0) is 47.7 Å². The Hall–Kier alpha value is -2.79. The van der Waals surface area contributed by atoms with Crippen LogP contribution < -0.4 is 5.32 Å². The van der Waals surface area contributed by atoms with E-state index in [1.54, 1.807) is 0 Å². The number of hydrogen-bond donors (Lipinski definition) is 1. The molecule has 5 rings (SSSR count). The summed E-state index contributed by atoms with van der Waals surface area (Å²) in [6, 6.07) is 16.8. The first kappa shape index (κ1) is 16.4. The molecule has 1 saturated heterocycles. The predicted molar refractivity (Wildman–Crippen MR) is 103 cm³/mol. The third-order valence-corrected chi connectivity index (χ3v) is 5.60. The van der Waals surface area contributed by atoms with Crippen LogP contribution in [-0.2, 0) is 13.0 Å². The maximum Gasteiger partial charge on any atom is 0.227 e. The van der Waals surface area contributed by atoms with E-state index >= 15 is 0 Å². The van der Waals surface area contributed by atoms with Crippen molar-refractivity contribution < 1.29 is 4.39 Å². The molecular weight excluding hydrogens is 339 g/mol. The Labute approximate surface area is 158 Å². The lowest BCUT2D eigenvalue weighted by Gasteiger charge is -2.17. The zero-order chi connectivity index (χ0) is 18.2. The van der Waals surface area contributed by atoms with E-state index in [1.807, 2.05) is 48.7 Å². The van der Waals surface area contributed by atoms with Gasteiger partial charge in [0.05, 0.1) is 5.69 Å². The zero-order valence-electron chi connectivity index (χ0n) is 15.0. The molecule has 5 heteroatoms. The number of para-hydroxylation sites is 1. The van der Waals surface area contributed by atoms with Gasteiger partial charge in [-0.25, -0.2) is 14.4 Å².